The molecule has 0 bridgehead atoms. The van der Waals surface area contributed by atoms with E-state index in [4.69, 9.17) is 5.73 Å². The lowest BCUT2D eigenvalue weighted by Gasteiger charge is -2.33. The van der Waals surface area contributed by atoms with Crippen molar-refractivity contribution < 1.29 is 4.79 Å². The number of hydrogen-bond donors (Lipinski definition) is 2. The third-order valence-electron chi connectivity index (χ3n) is 2.53. The Morgan fingerprint density at radius 2 is 2.00 bits per heavy atom. The molecule has 0 aliphatic rings. The molecule has 14 heavy (non-hydrogen) atoms. The highest BCUT2D eigenvalue weighted by Gasteiger charge is 2.27. The molecule has 3 nitrogen and oxygen atoms in total. The van der Waals surface area contributed by atoms with Gasteiger partial charge in [-0.1, -0.05) is 19.4 Å². The highest BCUT2D eigenvalue weighted by Crippen LogP contribution is 2.14. The van der Waals surface area contributed by atoms with E-state index in [1.807, 2.05) is 20.8 Å². The molecule has 0 radical (unpaired) electrons. The summed E-state index contributed by atoms with van der Waals surface area (Å²) in [6.07, 6.45) is 1.59. The minimum atomic E-state index is -0.316. The molecule has 0 rings (SSSR count). The van der Waals surface area contributed by atoms with Crippen LogP contribution in [0.5, 0.6) is 0 Å². The lowest BCUT2D eigenvalue weighted by atomic mass is 9.88. The summed E-state index contributed by atoms with van der Waals surface area (Å²) < 4.78 is 0. The normalized spacial score (nSPS) is 14.8. The molecule has 0 aliphatic carbocycles. The quantitative estimate of drug-likeness (QED) is 0.672. The molecule has 0 aromatic carbocycles. The number of carbonyl (C=O) groups excluding carboxylic acids is 1. The Hall–Kier alpha value is -0.830. The molecule has 3 N–H and O–H groups in total. The van der Waals surface area contributed by atoms with Crippen LogP contribution in [0.25, 0.3) is 0 Å². The minimum absolute atomic E-state index is 0.0633. The maximum atomic E-state index is 11.5. The summed E-state index contributed by atoms with van der Waals surface area (Å²) in [6.45, 7) is 10.3. The van der Waals surface area contributed by atoms with Gasteiger partial charge in [-0.2, -0.15) is 0 Å². The predicted octanol–water partition coefficient (Wildman–Crippen LogP) is 1.44. The van der Waals surface area contributed by atoms with Crippen molar-refractivity contribution in [2.75, 3.05) is 6.54 Å². The molecule has 0 heterocycles. The van der Waals surface area contributed by atoms with Gasteiger partial charge in [-0.15, -0.1) is 0 Å². The van der Waals surface area contributed by atoms with Gasteiger partial charge in [-0.3, -0.25) is 4.79 Å². The molecular formula is C11H22N2O. The van der Waals surface area contributed by atoms with E-state index in [1.165, 1.54) is 0 Å². The fourth-order valence-electron chi connectivity index (χ4n) is 1.01. The Bertz CT molecular complexity index is 229. The van der Waals surface area contributed by atoms with Crippen LogP contribution >= 0.6 is 0 Å². The van der Waals surface area contributed by atoms with Crippen LogP contribution in [-0.2, 0) is 4.79 Å². The number of nitrogens with one attached hydrogen (secondary N) is 1. The lowest BCUT2D eigenvalue weighted by molar-refractivity contribution is -0.118. The van der Waals surface area contributed by atoms with Crippen molar-refractivity contribution in [3.63, 3.8) is 0 Å². The standard InChI is InChI=1S/C11H22N2O/c1-8(2)6-10(14)13-11(5,7-12)9(3)4/h6,9H,7,12H2,1-5H3,(H,13,14). The number of allylic oxidation sites excluding steroid dienone is 1. The van der Waals surface area contributed by atoms with E-state index in [1.54, 1.807) is 6.08 Å². The van der Waals surface area contributed by atoms with Crippen molar-refractivity contribution in [2.45, 2.75) is 40.2 Å². The summed E-state index contributed by atoms with van der Waals surface area (Å²) in [5.74, 6) is 0.258. The van der Waals surface area contributed by atoms with Crippen molar-refractivity contribution in [3.05, 3.63) is 11.6 Å². The van der Waals surface area contributed by atoms with Gasteiger partial charge in [0.25, 0.3) is 0 Å². The average Bonchev–Trinajstić information content (AvgIpc) is 2.01. The van der Waals surface area contributed by atoms with Gasteiger partial charge in [-0.05, 0) is 26.7 Å². The van der Waals surface area contributed by atoms with Crippen molar-refractivity contribution in [3.8, 4) is 0 Å². The van der Waals surface area contributed by atoms with Crippen LogP contribution in [0.3, 0.4) is 0 Å². The molecule has 0 aromatic heterocycles. The maximum absolute atomic E-state index is 11.5. The van der Waals surface area contributed by atoms with Crippen LogP contribution in [0, 0.1) is 5.92 Å². The second kappa shape index (κ2) is 5.15. The van der Waals surface area contributed by atoms with Crippen molar-refractivity contribution >= 4 is 5.91 Å². The van der Waals surface area contributed by atoms with Crippen LogP contribution in [0.2, 0.25) is 0 Å². The van der Waals surface area contributed by atoms with Gasteiger partial charge in [0, 0.05) is 12.6 Å². The highest BCUT2D eigenvalue weighted by atomic mass is 16.1. The Balaban J connectivity index is 4.48. The zero-order chi connectivity index (χ0) is 11.4. The molecule has 1 unspecified atom stereocenters. The molecule has 1 atom stereocenters. The summed E-state index contributed by atoms with van der Waals surface area (Å²) >= 11 is 0. The van der Waals surface area contributed by atoms with Gasteiger partial charge in [0.15, 0.2) is 0 Å². The van der Waals surface area contributed by atoms with Gasteiger partial charge in [0.2, 0.25) is 5.91 Å². The number of carbonyl (C=O) groups is 1. The Kier molecular flexibility index (Phi) is 4.85. The second-order valence-corrected chi connectivity index (χ2v) is 4.49. The number of hydrogen-bond acceptors (Lipinski definition) is 2. The molecule has 0 fully saturated rings. The average molecular weight is 198 g/mol. The van der Waals surface area contributed by atoms with Crippen molar-refractivity contribution in [1.29, 1.82) is 0 Å². The summed E-state index contributed by atoms with van der Waals surface area (Å²) in [5, 5.41) is 2.93. The van der Waals surface area contributed by atoms with Crippen molar-refractivity contribution in [2.24, 2.45) is 11.7 Å². The monoisotopic (exact) mass is 198 g/mol. The van der Waals surface area contributed by atoms with E-state index >= 15 is 0 Å². The topological polar surface area (TPSA) is 55.1 Å². The highest BCUT2D eigenvalue weighted by molar-refractivity contribution is 5.88. The molecule has 0 aliphatic heterocycles. The summed E-state index contributed by atoms with van der Waals surface area (Å²) in [5.41, 5.74) is 6.33. The van der Waals surface area contributed by atoms with E-state index in [0.717, 1.165) is 5.57 Å². The van der Waals surface area contributed by atoms with Gasteiger partial charge in [-0.25, -0.2) is 0 Å². The van der Waals surface area contributed by atoms with E-state index < -0.39 is 0 Å². The molecule has 0 saturated heterocycles. The summed E-state index contributed by atoms with van der Waals surface area (Å²) in [7, 11) is 0. The smallest absolute Gasteiger partial charge is 0.244 e. The van der Waals surface area contributed by atoms with Crippen molar-refractivity contribution in [1.82, 2.24) is 5.32 Å². The van der Waals surface area contributed by atoms with Crippen LogP contribution in [0.15, 0.2) is 11.6 Å². The SMILES string of the molecule is CC(C)=CC(=O)NC(C)(CN)C(C)C. The zero-order valence-corrected chi connectivity index (χ0v) is 9.85. The lowest BCUT2D eigenvalue weighted by Crippen LogP contribution is -2.54. The summed E-state index contributed by atoms with van der Waals surface area (Å²) in [4.78, 5) is 11.5. The number of amides is 1. The number of nitrogens with two attached hydrogens (primary N) is 1. The largest absolute Gasteiger partial charge is 0.346 e. The third kappa shape index (κ3) is 3.92. The first-order valence-electron chi connectivity index (χ1n) is 4.99. The minimum Gasteiger partial charge on any atom is -0.346 e. The molecule has 3 heteroatoms. The van der Waals surface area contributed by atoms with E-state index in [0.29, 0.717) is 12.5 Å². The van der Waals surface area contributed by atoms with Gasteiger partial charge < -0.3 is 11.1 Å². The molecule has 0 saturated carbocycles. The molecule has 1 amide bonds. The predicted molar refractivity (Wildman–Crippen MR) is 59.9 cm³/mol. The molecule has 0 spiro atoms. The Morgan fingerprint density at radius 1 is 1.50 bits per heavy atom. The Labute approximate surface area is 86.8 Å². The van der Waals surface area contributed by atoms with Crippen LogP contribution in [-0.4, -0.2) is 18.0 Å². The first kappa shape index (κ1) is 13.2. The fourth-order valence-corrected chi connectivity index (χ4v) is 1.01. The zero-order valence-electron chi connectivity index (χ0n) is 9.85. The van der Waals surface area contributed by atoms with E-state index in [9.17, 15) is 4.79 Å². The van der Waals surface area contributed by atoms with Crippen LogP contribution < -0.4 is 11.1 Å². The molecule has 82 valence electrons. The fraction of sp³-hybridized carbons (Fsp3) is 0.727. The van der Waals surface area contributed by atoms with Gasteiger partial charge >= 0.3 is 0 Å². The second-order valence-electron chi connectivity index (χ2n) is 4.49. The first-order valence-corrected chi connectivity index (χ1v) is 4.99. The van der Waals surface area contributed by atoms with Gasteiger partial charge in [0.05, 0.1) is 5.54 Å². The molecular weight excluding hydrogens is 176 g/mol. The van der Waals surface area contributed by atoms with Crippen LogP contribution in [0.4, 0.5) is 0 Å². The Morgan fingerprint density at radius 3 is 2.29 bits per heavy atom. The third-order valence-corrected chi connectivity index (χ3v) is 2.53. The maximum Gasteiger partial charge on any atom is 0.244 e. The van der Waals surface area contributed by atoms with E-state index in [2.05, 4.69) is 19.2 Å². The first-order chi connectivity index (χ1) is 6.31. The van der Waals surface area contributed by atoms with Crippen LogP contribution in [0.1, 0.15) is 34.6 Å². The van der Waals surface area contributed by atoms with Gasteiger partial charge in [0.1, 0.15) is 0 Å². The van der Waals surface area contributed by atoms with E-state index in [-0.39, 0.29) is 11.4 Å². The molecule has 0 aromatic rings. The summed E-state index contributed by atoms with van der Waals surface area (Å²) in [6, 6.07) is 0. The number of rotatable bonds is 4.